The molecule has 3 rings (SSSR count). The van der Waals surface area contributed by atoms with E-state index in [1.54, 1.807) is 19.5 Å². The number of fused-ring (bicyclic) bond motifs is 3. The molecule has 1 N–H and O–H groups in total. The summed E-state index contributed by atoms with van der Waals surface area (Å²) in [5.41, 5.74) is 1.87. The highest BCUT2D eigenvalue weighted by atomic mass is 16.5. The molecule has 0 aliphatic carbocycles. The smallest absolute Gasteiger partial charge is 0.215 e. The third-order valence-electron chi connectivity index (χ3n) is 2.44. The minimum absolute atomic E-state index is 0.606. The number of ether oxygens (including phenoxy) is 1. The maximum absolute atomic E-state index is 5.07. The Morgan fingerprint density at radius 2 is 2.20 bits per heavy atom. The van der Waals surface area contributed by atoms with Crippen molar-refractivity contribution in [2.24, 2.45) is 0 Å². The lowest BCUT2D eigenvalue weighted by molar-refractivity contribution is 0.398. The fourth-order valence-electron chi connectivity index (χ4n) is 1.72. The van der Waals surface area contributed by atoms with Gasteiger partial charge in [0.2, 0.25) is 5.88 Å². The zero-order valence-corrected chi connectivity index (χ0v) is 8.19. The first-order chi connectivity index (χ1) is 7.38. The normalized spacial score (nSPS) is 11.0. The molecule has 0 aliphatic rings. The third-order valence-corrected chi connectivity index (χ3v) is 2.44. The highest BCUT2D eigenvalue weighted by Crippen LogP contribution is 2.24. The predicted molar refractivity (Wildman–Crippen MR) is 57.9 cm³/mol. The molecule has 0 atom stereocenters. The van der Waals surface area contributed by atoms with Gasteiger partial charge in [-0.1, -0.05) is 0 Å². The highest BCUT2D eigenvalue weighted by molar-refractivity contribution is 6.05. The van der Waals surface area contributed by atoms with Crippen LogP contribution in [0.3, 0.4) is 0 Å². The van der Waals surface area contributed by atoms with E-state index in [0.29, 0.717) is 5.88 Å². The van der Waals surface area contributed by atoms with Gasteiger partial charge in [0.15, 0.2) is 0 Å². The van der Waals surface area contributed by atoms with Crippen LogP contribution in [0.5, 0.6) is 5.88 Å². The number of rotatable bonds is 1. The van der Waals surface area contributed by atoms with E-state index in [2.05, 4.69) is 15.0 Å². The quantitative estimate of drug-likeness (QED) is 0.653. The number of methoxy groups -OCH3 is 1. The molecule has 4 nitrogen and oxygen atoms in total. The summed E-state index contributed by atoms with van der Waals surface area (Å²) >= 11 is 0. The van der Waals surface area contributed by atoms with Crippen molar-refractivity contribution in [1.29, 1.82) is 0 Å². The molecular formula is C11H9N3O. The van der Waals surface area contributed by atoms with Crippen LogP contribution in [0, 0.1) is 0 Å². The van der Waals surface area contributed by atoms with Crippen molar-refractivity contribution >= 4 is 21.9 Å². The van der Waals surface area contributed by atoms with Crippen molar-refractivity contribution in [1.82, 2.24) is 15.0 Å². The van der Waals surface area contributed by atoms with Crippen LogP contribution in [0.15, 0.2) is 30.6 Å². The molecule has 0 radical (unpaired) electrons. The van der Waals surface area contributed by atoms with Gasteiger partial charge in [-0.2, -0.15) is 0 Å². The van der Waals surface area contributed by atoms with Gasteiger partial charge in [-0.25, -0.2) is 9.97 Å². The van der Waals surface area contributed by atoms with Crippen LogP contribution in [0.4, 0.5) is 0 Å². The van der Waals surface area contributed by atoms with Crippen molar-refractivity contribution in [3.05, 3.63) is 30.6 Å². The van der Waals surface area contributed by atoms with Crippen LogP contribution in [0.1, 0.15) is 0 Å². The van der Waals surface area contributed by atoms with Crippen LogP contribution in [-0.4, -0.2) is 22.1 Å². The first kappa shape index (κ1) is 8.23. The fraction of sp³-hybridized carbons (Fsp3) is 0.0909. The Kier molecular flexibility index (Phi) is 1.62. The number of hydrogen-bond acceptors (Lipinski definition) is 3. The fourth-order valence-corrected chi connectivity index (χ4v) is 1.72. The van der Waals surface area contributed by atoms with E-state index >= 15 is 0 Å². The van der Waals surface area contributed by atoms with Gasteiger partial charge in [0.25, 0.3) is 0 Å². The molecule has 3 aromatic rings. The number of hydrogen-bond donors (Lipinski definition) is 1. The topological polar surface area (TPSA) is 50.8 Å². The second kappa shape index (κ2) is 2.95. The summed E-state index contributed by atoms with van der Waals surface area (Å²) in [6.07, 6.45) is 3.57. The lowest BCUT2D eigenvalue weighted by Crippen LogP contribution is -1.85. The molecule has 0 unspecified atom stereocenters. The summed E-state index contributed by atoms with van der Waals surface area (Å²) in [5.74, 6) is 0.606. The average Bonchev–Trinajstić information content (AvgIpc) is 2.66. The van der Waals surface area contributed by atoms with Crippen LogP contribution >= 0.6 is 0 Å². The first-order valence-electron chi connectivity index (χ1n) is 4.65. The van der Waals surface area contributed by atoms with Crippen molar-refractivity contribution in [2.45, 2.75) is 0 Å². The largest absolute Gasteiger partial charge is 0.481 e. The summed E-state index contributed by atoms with van der Waals surface area (Å²) in [6.45, 7) is 0. The monoisotopic (exact) mass is 199 g/mol. The van der Waals surface area contributed by atoms with Crippen molar-refractivity contribution in [3.8, 4) is 5.88 Å². The zero-order valence-electron chi connectivity index (χ0n) is 8.19. The molecule has 0 aliphatic heterocycles. The second-order valence-electron chi connectivity index (χ2n) is 3.30. The van der Waals surface area contributed by atoms with E-state index in [0.717, 1.165) is 21.9 Å². The minimum Gasteiger partial charge on any atom is -0.481 e. The Morgan fingerprint density at radius 1 is 1.27 bits per heavy atom. The number of aromatic amines is 1. The predicted octanol–water partition coefficient (Wildman–Crippen LogP) is 2.12. The van der Waals surface area contributed by atoms with Crippen LogP contribution < -0.4 is 4.74 Å². The molecule has 0 amide bonds. The van der Waals surface area contributed by atoms with E-state index < -0.39 is 0 Å². The number of nitrogens with one attached hydrogen (secondary N) is 1. The molecule has 0 saturated carbocycles. The molecule has 0 saturated heterocycles. The Hall–Kier alpha value is -2.10. The van der Waals surface area contributed by atoms with Gasteiger partial charge >= 0.3 is 0 Å². The molecule has 3 heterocycles. The lowest BCUT2D eigenvalue weighted by Gasteiger charge is -1.96. The molecule has 0 bridgehead atoms. The van der Waals surface area contributed by atoms with Crippen molar-refractivity contribution < 1.29 is 4.74 Å². The Labute approximate surface area is 85.9 Å². The number of H-pyrrole nitrogens is 1. The number of pyridine rings is 2. The van der Waals surface area contributed by atoms with E-state index in [-0.39, 0.29) is 0 Å². The molecule has 4 heteroatoms. The SMILES string of the molecule is COc1cc2[nH]c3ncccc3c2cn1. The van der Waals surface area contributed by atoms with Crippen LogP contribution in [0.2, 0.25) is 0 Å². The van der Waals surface area contributed by atoms with Gasteiger partial charge < -0.3 is 9.72 Å². The average molecular weight is 199 g/mol. The molecule has 0 fully saturated rings. The lowest BCUT2D eigenvalue weighted by atomic mass is 10.2. The molecule has 74 valence electrons. The van der Waals surface area contributed by atoms with E-state index in [9.17, 15) is 0 Å². The molecule has 0 spiro atoms. The summed E-state index contributed by atoms with van der Waals surface area (Å²) in [6, 6.07) is 5.81. The summed E-state index contributed by atoms with van der Waals surface area (Å²) in [7, 11) is 1.61. The first-order valence-corrected chi connectivity index (χ1v) is 4.65. The number of nitrogens with zero attached hydrogens (tertiary/aromatic N) is 2. The van der Waals surface area contributed by atoms with Crippen molar-refractivity contribution in [3.63, 3.8) is 0 Å². The number of aromatic nitrogens is 3. The third kappa shape index (κ3) is 1.15. The van der Waals surface area contributed by atoms with Gasteiger partial charge in [-0.05, 0) is 12.1 Å². The summed E-state index contributed by atoms with van der Waals surface area (Å²) < 4.78 is 5.07. The summed E-state index contributed by atoms with van der Waals surface area (Å²) in [5, 5.41) is 2.15. The van der Waals surface area contributed by atoms with Gasteiger partial charge in [-0.15, -0.1) is 0 Å². The van der Waals surface area contributed by atoms with E-state index in [4.69, 9.17) is 4.74 Å². The Balaban J connectivity index is 2.43. The molecule has 0 aromatic carbocycles. The van der Waals surface area contributed by atoms with Crippen LogP contribution in [-0.2, 0) is 0 Å². The zero-order chi connectivity index (χ0) is 10.3. The maximum atomic E-state index is 5.07. The molecule has 15 heavy (non-hydrogen) atoms. The van der Waals surface area contributed by atoms with Gasteiger partial charge in [-0.3, -0.25) is 0 Å². The minimum atomic E-state index is 0.606. The van der Waals surface area contributed by atoms with E-state index in [1.165, 1.54) is 0 Å². The molecule has 3 aromatic heterocycles. The molecular weight excluding hydrogens is 190 g/mol. The van der Waals surface area contributed by atoms with Gasteiger partial charge in [0, 0.05) is 29.2 Å². The van der Waals surface area contributed by atoms with Gasteiger partial charge in [0.05, 0.1) is 12.6 Å². The Morgan fingerprint density at radius 3 is 3.07 bits per heavy atom. The standard InChI is InChI=1S/C11H9N3O/c1-15-10-5-9-8(6-13-10)7-3-2-4-12-11(7)14-9/h2-6H,1H3,(H,12,14). The van der Waals surface area contributed by atoms with Crippen LogP contribution in [0.25, 0.3) is 21.9 Å². The highest BCUT2D eigenvalue weighted by Gasteiger charge is 2.05. The van der Waals surface area contributed by atoms with Gasteiger partial charge in [0.1, 0.15) is 5.65 Å². The van der Waals surface area contributed by atoms with E-state index in [1.807, 2.05) is 18.2 Å². The van der Waals surface area contributed by atoms with Crippen molar-refractivity contribution in [2.75, 3.05) is 7.11 Å². The Bertz CT molecular complexity index is 630. The summed E-state index contributed by atoms with van der Waals surface area (Å²) in [4.78, 5) is 11.6. The maximum Gasteiger partial charge on any atom is 0.215 e. The second-order valence-corrected chi connectivity index (χ2v) is 3.30.